The van der Waals surface area contributed by atoms with Crippen molar-refractivity contribution in [2.75, 3.05) is 13.1 Å². The standard InChI is InChI=1S/C17H18N6O2/c1-11-18-15-14(16(24)19-11)20-21-23(15)13-7-9-22(10-8-13)17(25)12-5-3-2-4-6-12/h2-6,13H,7-10H2,1H3,(H,18,19,24). The topological polar surface area (TPSA) is 96.8 Å². The predicted octanol–water partition coefficient (Wildman–Crippen LogP) is 1.30. The molecule has 3 heterocycles. The van der Waals surface area contributed by atoms with Crippen LogP contribution in [0.2, 0.25) is 0 Å². The van der Waals surface area contributed by atoms with Crippen LogP contribution in [0.1, 0.15) is 35.1 Å². The molecule has 128 valence electrons. The van der Waals surface area contributed by atoms with Gasteiger partial charge < -0.3 is 9.88 Å². The number of carbonyl (C=O) groups is 1. The van der Waals surface area contributed by atoms with E-state index in [1.54, 1.807) is 11.6 Å². The Morgan fingerprint density at radius 3 is 2.64 bits per heavy atom. The molecule has 0 atom stereocenters. The maximum absolute atomic E-state index is 12.5. The molecule has 1 aromatic carbocycles. The maximum atomic E-state index is 12.5. The van der Waals surface area contributed by atoms with E-state index >= 15 is 0 Å². The molecule has 1 amide bonds. The van der Waals surface area contributed by atoms with Crippen molar-refractivity contribution in [1.82, 2.24) is 29.9 Å². The quantitative estimate of drug-likeness (QED) is 0.760. The highest BCUT2D eigenvalue weighted by Crippen LogP contribution is 2.24. The van der Waals surface area contributed by atoms with Crippen LogP contribution in [0.5, 0.6) is 0 Å². The van der Waals surface area contributed by atoms with Crippen molar-refractivity contribution in [2.45, 2.75) is 25.8 Å². The summed E-state index contributed by atoms with van der Waals surface area (Å²) in [6.07, 6.45) is 1.51. The minimum absolute atomic E-state index is 0.0490. The van der Waals surface area contributed by atoms with Gasteiger partial charge in [0, 0.05) is 18.7 Å². The number of hydrogen-bond acceptors (Lipinski definition) is 5. The summed E-state index contributed by atoms with van der Waals surface area (Å²) in [7, 11) is 0. The Morgan fingerprint density at radius 1 is 1.20 bits per heavy atom. The number of nitrogens with zero attached hydrogens (tertiary/aromatic N) is 5. The minimum atomic E-state index is -0.273. The molecular formula is C17H18N6O2. The van der Waals surface area contributed by atoms with Gasteiger partial charge in [-0.2, -0.15) is 0 Å². The summed E-state index contributed by atoms with van der Waals surface area (Å²) in [5, 5.41) is 8.09. The summed E-state index contributed by atoms with van der Waals surface area (Å²) in [6.45, 7) is 3.02. The number of piperidine rings is 1. The second kappa shape index (κ2) is 6.12. The number of fused-ring (bicyclic) bond motifs is 1. The summed E-state index contributed by atoms with van der Waals surface area (Å²) in [5.74, 6) is 0.589. The lowest BCUT2D eigenvalue weighted by Crippen LogP contribution is -2.39. The van der Waals surface area contributed by atoms with Crippen molar-refractivity contribution in [2.24, 2.45) is 0 Å². The van der Waals surface area contributed by atoms with Gasteiger partial charge in [0.15, 0.2) is 11.2 Å². The van der Waals surface area contributed by atoms with Gasteiger partial charge in [0.25, 0.3) is 11.5 Å². The largest absolute Gasteiger partial charge is 0.338 e. The number of aryl methyl sites for hydroxylation is 1. The molecule has 2 aromatic heterocycles. The molecule has 0 saturated carbocycles. The number of likely N-dealkylation sites (tertiary alicyclic amines) is 1. The molecule has 0 bridgehead atoms. The number of aromatic amines is 1. The van der Waals surface area contributed by atoms with Crippen molar-refractivity contribution < 1.29 is 4.79 Å². The number of carbonyl (C=O) groups excluding carboxylic acids is 1. The molecule has 1 aliphatic heterocycles. The highest BCUT2D eigenvalue weighted by molar-refractivity contribution is 5.94. The molecule has 4 rings (SSSR count). The fourth-order valence-electron chi connectivity index (χ4n) is 3.27. The molecule has 25 heavy (non-hydrogen) atoms. The molecule has 0 unspecified atom stereocenters. The van der Waals surface area contributed by atoms with Crippen LogP contribution in [0.15, 0.2) is 35.1 Å². The number of hydrogen-bond donors (Lipinski definition) is 1. The Morgan fingerprint density at radius 2 is 1.92 bits per heavy atom. The molecule has 1 N–H and O–H groups in total. The highest BCUT2D eigenvalue weighted by Gasteiger charge is 2.27. The molecular weight excluding hydrogens is 320 g/mol. The van der Waals surface area contributed by atoms with Crippen molar-refractivity contribution in [1.29, 1.82) is 0 Å². The second-order valence-electron chi connectivity index (χ2n) is 6.25. The van der Waals surface area contributed by atoms with E-state index in [2.05, 4.69) is 20.3 Å². The SMILES string of the molecule is Cc1nc2c(nnn2C2CCN(C(=O)c3ccccc3)CC2)c(=O)[nH]1. The summed E-state index contributed by atoms with van der Waals surface area (Å²) < 4.78 is 1.72. The van der Waals surface area contributed by atoms with E-state index in [1.165, 1.54) is 0 Å². The summed E-state index contributed by atoms with van der Waals surface area (Å²) in [6, 6.07) is 9.38. The van der Waals surface area contributed by atoms with Crippen molar-refractivity contribution in [3.8, 4) is 0 Å². The Bertz CT molecular complexity index is 970. The molecule has 1 aliphatic rings. The van der Waals surface area contributed by atoms with Gasteiger partial charge in [-0.3, -0.25) is 9.59 Å². The summed E-state index contributed by atoms with van der Waals surface area (Å²) in [4.78, 5) is 33.3. The Labute approximate surface area is 143 Å². The van der Waals surface area contributed by atoms with Gasteiger partial charge in [0.2, 0.25) is 0 Å². The number of benzene rings is 1. The molecule has 0 radical (unpaired) electrons. The molecule has 8 heteroatoms. The molecule has 1 saturated heterocycles. The van der Waals surface area contributed by atoms with Gasteiger partial charge in [0.05, 0.1) is 6.04 Å². The predicted molar refractivity (Wildman–Crippen MR) is 91.3 cm³/mol. The van der Waals surface area contributed by atoms with E-state index in [-0.39, 0.29) is 23.0 Å². The monoisotopic (exact) mass is 338 g/mol. The van der Waals surface area contributed by atoms with Crippen LogP contribution in [0.4, 0.5) is 0 Å². The van der Waals surface area contributed by atoms with Crippen LogP contribution in [0.3, 0.4) is 0 Å². The zero-order valence-electron chi connectivity index (χ0n) is 13.8. The number of H-pyrrole nitrogens is 1. The zero-order valence-corrected chi connectivity index (χ0v) is 13.8. The first kappa shape index (κ1) is 15.5. The van der Waals surface area contributed by atoms with E-state index in [4.69, 9.17) is 0 Å². The lowest BCUT2D eigenvalue weighted by atomic mass is 10.0. The fraction of sp³-hybridized carbons (Fsp3) is 0.353. The normalized spacial score (nSPS) is 15.6. The first-order valence-corrected chi connectivity index (χ1v) is 8.29. The van der Waals surface area contributed by atoms with Crippen LogP contribution in [0, 0.1) is 6.92 Å². The summed E-state index contributed by atoms with van der Waals surface area (Å²) >= 11 is 0. The van der Waals surface area contributed by atoms with Gasteiger partial charge >= 0.3 is 0 Å². The van der Waals surface area contributed by atoms with E-state index in [1.807, 2.05) is 35.2 Å². The number of nitrogens with one attached hydrogen (secondary N) is 1. The van der Waals surface area contributed by atoms with Gasteiger partial charge in [-0.15, -0.1) is 5.10 Å². The van der Waals surface area contributed by atoms with E-state index < -0.39 is 0 Å². The van der Waals surface area contributed by atoms with Gasteiger partial charge in [0.1, 0.15) is 5.82 Å². The van der Waals surface area contributed by atoms with Crippen LogP contribution in [0.25, 0.3) is 11.2 Å². The zero-order chi connectivity index (χ0) is 17.4. The Kier molecular flexibility index (Phi) is 3.79. The van der Waals surface area contributed by atoms with E-state index in [9.17, 15) is 9.59 Å². The fourth-order valence-corrected chi connectivity index (χ4v) is 3.27. The van der Waals surface area contributed by atoms with Crippen molar-refractivity contribution >= 4 is 17.1 Å². The first-order chi connectivity index (χ1) is 12.1. The smallest absolute Gasteiger partial charge is 0.281 e. The summed E-state index contributed by atoms with van der Waals surface area (Å²) in [5.41, 5.74) is 1.20. The van der Waals surface area contributed by atoms with Crippen LogP contribution >= 0.6 is 0 Å². The third-order valence-corrected chi connectivity index (χ3v) is 4.57. The third kappa shape index (κ3) is 2.79. The lowest BCUT2D eigenvalue weighted by Gasteiger charge is -2.32. The number of aromatic nitrogens is 5. The molecule has 0 spiro atoms. The van der Waals surface area contributed by atoms with Crippen LogP contribution < -0.4 is 5.56 Å². The number of rotatable bonds is 2. The third-order valence-electron chi connectivity index (χ3n) is 4.57. The van der Waals surface area contributed by atoms with Crippen LogP contribution in [-0.4, -0.2) is 48.9 Å². The molecule has 8 nitrogen and oxygen atoms in total. The average molecular weight is 338 g/mol. The maximum Gasteiger partial charge on any atom is 0.281 e. The molecule has 3 aromatic rings. The van der Waals surface area contributed by atoms with Crippen LogP contribution in [-0.2, 0) is 0 Å². The second-order valence-corrected chi connectivity index (χ2v) is 6.25. The highest BCUT2D eigenvalue weighted by atomic mass is 16.2. The average Bonchev–Trinajstić information content (AvgIpc) is 3.06. The van der Waals surface area contributed by atoms with E-state index in [0.29, 0.717) is 30.1 Å². The first-order valence-electron chi connectivity index (χ1n) is 8.29. The van der Waals surface area contributed by atoms with Gasteiger partial charge in [-0.05, 0) is 31.9 Å². The Balaban J connectivity index is 1.53. The van der Waals surface area contributed by atoms with Gasteiger partial charge in [-0.1, -0.05) is 23.4 Å². The lowest BCUT2D eigenvalue weighted by molar-refractivity contribution is 0.0691. The molecule has 1 fully saturated rings. The van der Waals surface area contributed by atoms with E-state index in [0.717, 1.165) is 12.8 Å². The van der Waals surface area contributed by atoms with Crippen molar-refractivity contribution in [3.63, 3.8) is 0 Å². The van der Waals surface area contributed by atoms with Gasteiger partial charge in [-0.25, -0.2) is 9.67 Å². The number of amides is 1. The minimum Gasteiger partial charge on any atom is -0.338 e. The van der Waals surface area contributed by atoms with Crippen molar-refractivity contribution in [3.05, 3.63) is 52.1 Å². The molecule has 0 aliphatic carbocycles. The Hall–Kier alpha value is -3.03.